The summed E-state index contributed by atoms with van der Waals surface area (Å²) in [6.45, 7) is 3.96. The Bertz CT molecular complexity index is 295. The normalized spacial score (nSPS) is 13.3. The molecule has 0 aliphatic rings. The monoisotopic (exact) mass is 198 g/mol. The van der Waals surface area contributed by atoms with Crippen molar-refractivity contribution in [2.45, 2.75) is 24.7 Å². The number of aromatic hydroxyl groups is 1. The molecule has 2 nitrogen and oxygen atoms in total. The predicted molar refractivity (Wildman–Crippen MR) is 54.5 cm³/mol. The molecule has 0 saturated carbocycles. The zero-order chi connectivity index (χ0) is 10.0. The highest BCUT2D eigenvalue weighted by Gasteiger charge is 2.17. The van der Waals surface area contributed by atoms with Crippen LogP contribution < -0.4 is 0 Å². The lowest BCUT2D eigenvalue weighted by Crippen LogP contribution is -2.03. The minimum Gasteiger partial charge on any atom is -0.612 e. The van der Waals surface area contributed by atoms with Gasteiger partial charge >= 0.3 is 0 Å². The smallest absolute Gasteiger partial charge is 0.159 e. The molecule has 0 amide bonds. The van der Waals surface area contributed by atoms with E-state index < -0.39 is 11.2 Å². The summed E-state index contributed by atoms with van der Waals surface area (Å²) in [5.74, 6) is 0.433. The number of benzene rings is 1. The molecule has 0 aliphatic heterocycles. The molecule has 0 radical (unpaired) electrons. The van der Waals surface area contributed by atoms with Crippen LogP contribution in [-0.2, 0) is 11.2 Å². The standard InChI is InChI=1S/C10H14O2S/c1-7(2)10-8(11)5-4-6-9(10)13(3)12/h4-7,11H,1-3H3. The van der Waals surface area contributed by atoms with Crippen LogP contribution in [0, 0.1) is 0 Å². The average Bonchev–Trinajstić information content (AvgIpc) is 2.02. The Labute approximate surface area is 81.8 Å². The van der Waals surface area contributed by atoms with E-state index in [-0.39, 0.29) is 11.7 Å². The third-order valence-corrected chi connectivity index (χ3v) is 2.91. The molecule has 0 heterocycles. The highest BCUT2D eigenvalue weighted by Crippen LogP contribution is 2.31. The van der Waals surface area contributed by atoms with Crippen LogP contribution >= 0.6 is 0 Å². The molecule has 13 heavy (non-hydrogen) atoms. The fourth-order valence-electron chi connectivity index (χ4n) is 1.36. The first-order valence-corrected chi connectivity index (χ1v) is 5.75. The third-order valence-electron chi connectivity index (χ3n) is 1.93. The van der Waals surface area contributed by atoms with Crippen molar-refractivity contribution in [1.82, 2.24) is 0 Å². The van der Waals surface area contributed by atoms with Gasteiger partial charge in [-0.05, 0) is 29.2 Å². The Hall–Kier alpha value is -0.670. The minimum absolute atomic E-state index is 0.195. The molecule has 72 valence electrons. The number of hydrogen-bond donors (Lipinski definition) is 1. The second-order valence-corrected chi connectivity index (χ2v) is 4.65. The van der Waals surface area contributed by atoms with Crippen LogP contribution in [0.3, 0.4) is 0 Å². The van der Waals surface area contributed by atoms with Gasteiger partial charge in [-0.25, -0.2) is 0 Å². The first-order chi connectivity index (χ1) is 6.04. The molecule has 1 aromatic rings. The van der Waals surface area contributed by atoms with Gasteiger partial charge in [-0.2, -0.15) is 0 Å². The third kappa shape index (κ3) is 2.17. The predicted octanol–water partition coefficient (Wildman–Crippen LogP) is 2.25. The van der Waals surface area contributed by atoms with Gasteiger partial charge in [0.2, 0.25) is 0 Å². The number of phenolic OH excluding ortho intramolecular Hbond substituents is 1. The quantitative estimate of drug-likeness (QED) is 0.741. The Morgan fingerprint density at radius 2 is 2.00 bits per heavy atom. The largest absolute Gasteiger partial charge is 0.612 e. The maximum atomic E-state index is 11.3. The van der Waals surface area contributed by atoms with Crippen LogP contribution in [0.25, 0.3) is 0 Å². The Balaban J connectivity index is 3.26. The molecule has 3 heteroatoms. The fourth-order valence-corrected chi connectivity index (χ4v) is 2.28. The Kier molecular flexibility index (Phi) is 3.22. The number of rotatable bonds is 2. The average molecular weight is 198 g/mol. The van der Waals surface area contributed by atoms with E-state index in [4.69, 9.17) is 0 Å². The van der Waals surface area contributed by atoms with E-state index in [2.05, 4.69) is 0 Å². The van der Waals surface area contributed by atoms with Gasteiger partial charge in [-0.1, -0.05) is 19.9 Å². The summed E-state index contributed by atoms with van der Waals surface area (Å²) < 4.78 is 11.3. The van der Waals surface area contributed by atoms with Crippen molar-refractivity contribution in [3.05, 3.63) is 23.8 Å². The van der Waals surface area contributed by atoms with Crippen molar-refractivity contribution in [3.8, 4) is 5.75 Å². The van der Waals surface area contributed by atoms with Gasteiger partial charge in [0, 0.05) is 0 Å². The van der Waals surface area contributed by atoms with Crippen molar-refractivity contribution < 1.29 is 9.66 Å². The minimum atomic E-state index is -1.03. The zero-order valence-corrected chi connectivity index (χ0v) is 8.89. The topological polar surface area (TPSA) is 43.3 Å². The molecule has 1 unspecified atom stereocenters. The zero-order valence-electron chi connectivity index (χ0n) is 8.07. The molecule has 0 saturated heterocycles. The molecule has 1 N–H and O–H groups in total. The van der Waals surface area contributed by atoms with Gasteiger partial charge in [-0.15, -0.1) is 0 Å². The molecule has 0 spiro atoms. The van der Waals surface area contributed by atoms with Gasteiger partial charge in [0.1, 0.15) is 12.0 Å². The van der Waals surface area contributed by atoms with Crippen LogP contribution in [0.15, 0.2) is 23.1 Å². The van der Waals surface area contributed by atoms with Gasteiger partial charge in [0.15, 0.2) is 4.90 Å². The summed E-state index contributed by atoms with van der Waals surface area (Å²) in [5, 5.41) is 9.58. The lowest BCUT2D eigenvalue weighted by molar-refractivity contribution is 0.461. The van der Waals surface area contributed by atoms with Crippen LogP contribution in [0.4, 0.5) is 0 Å². The van der Waals surface area contributed by atoms with Crippen LogP contribution in [0.2, 0.25) is 0 Å². The molecule has 0 aliphatic carbocycles. The molecule has 0 aromatic heterocycles. The highest BCUT2D eigenvalue weighted by molar-refractivity contribution is 7.90. The molecule has 1 atom stereocenters. The van der Waals surface area contributed by atoms with E-state index in [0.717, 1.165) is 10.5 Å². The molecule has 0 fully saturated rings. The van der Waals surface area contributed by atoms with E-state index >= 15 is 0 Å². The van der Waals surface area contributed by atoms with E-state index in [0.29, 0.717) is 0 Å². The number of hydrogen-bond acceptors (Lipinski definition) is 2. The molecular weight excluding hydrogens is 184 g/mol. The van der Waals surface area contributed by atoms with Crippen LogP contribution in [0.5, 0.6) is 5.75 Å². The second-order valence-electron chi connectivity index (χ2n) is 3.30. The Morgan fingerprint density at radius 1 is 1.38 bits per heavy atom. The SMILES string of the molecule is CC(C)c1c(O)cccc1[S+](C)[O-]. The van der Waals surface area contributed by atoms with Gasteiger partial charge in [0.25, 0.3) is 0 Å². The maximum absolute atomic E-state index is 11.3. The van der Waals surface area contributed by atoms with Crippen molar-refractivity contribution >= 4 is 11.2 Å². The van der Waals surface area contributed by atoms with E-state index in [1.165, 1.54) is 0 Å². The van der Waals surface area contributed by atoms with E-state index in [9.17, 15) is 9.66 Å². The Morgan fingerprint density at radius 3 is 2.38 bits per heavy atom. The van der Waals surface area contributed by atoms with E-state index in [1.807, 2.05) is 13.8 Å². The van der Waals surface area contributed by atoms with Crippen molar-refractivity contribution in [3.63, 3.8) is 0 Å². The lowest BCUT2D eigenvalue weighted by Gasteiger charge is -2.14. The van der Waals surface area contributed by atoms with Crippen molar-refractivity contribution in [2.24, 2.45) is 0 Å². The summed E-state index contributed by atoms with van der Waals surface area (Å²) in [7, 11) is 0. The summed E-state index contributed by atoms with van der Waals surface area (Å²) in [6, 6.07) is 5.15. The van der Waals surface area contributed by atoms with Crippen LogP contribution in [0.1, 0.15) is 25.3 Å². The fraction of sp³-hybridized carbons (Fsp3) is 0.400. The van der Waals surface area contributed by atoms with Crippen molar-refractivity contribution in [2.75, 3.05) is 6.26 Å². The van der Waals surface area contributed by atoms with Crippen LogP contribution in [-0.4, -0.2) is 15.9 Å². The first-order valence-electron chi connectivity index (χ1n) is 4.19. The van der Waals surface area contributed by atoms with Gasteiger partial charge < -0.3 is 9.66 Å². The molecule has 1 aromatic carbocycles. The lowest BCUT2D eigenvalue weighted by atomic mass is 10.0. The second kappa shape index (κ2) is 4.03. The highest BCUT2D eigenvalue weighted by atomic mass is 32.2. The van der Waals surface area contributed by atoms with E-state index in [1.54, 1.807) is 24.5 Å². The number of phenols is 1. The summed E-state index contributed by atoms with van der Waals surface area (Å²) in [4.78, 5) is 0.731. The molecular formula is C10H14O2S. The molecule has 1 rings (SSSR count). The van der Waals surface area contributed by atoms with Gasteiger partial charge in [0.05, 0.1) is 5.56 Å². The molecule has 0 bridgehead atoms. The van der Waals surface area contributed by atoms with Crippen molar-refractivity contribution in [1.29, 1.82) is 0 Å². The first kappa shape index (κ1) is 10.4. The summed E-state index contributed by atoms with van der Waals surface area (Å²) in [5.41, 5.74) is 0.795. The maximum Gasteiger partial charge on any atom is 0.159 e. The summed E-state index contributed by atoms with van der Waals surface area (Å²) in [6.07, 6.45) is 1.63. The summed E-state index contributed by atoms with van der Waals surface area (Å²) >= 11 is -1.03. The van der Waals surface area contributed by atoms with Gasteiger partial charge in [-0.3, -0.25) is 0 Å².